The van der Waals surface area contributed by atoms with Crippen molar-refractivity contribution in [3.8, 4) is 6.07 Å². The highest BCUT2D eigenvalue weighted by Crippen LogP contribution is 2.42. The lowest BCUT2D eigenvalue weighted by Crippen LogP contribution is -2.26. The molecule has 3 rings (SSSR count). The quantitative estimate of drug-likeness (QED) is 0.930. The number of nitriles is 1. The van der Waals surface area contributed by atoms with Crippen LogP contribution in [0.2, 0.25) is 0 Å². The SMILES string of the molecule is C[C@H](NC(=O)c1ccsc1)c1cn(C2(C#N)CC2)nn1. The molecule has 1 amide bonds. The van der Waals surface area contributed by atoms with Gasteiger partial charge in [-0.25, -0.2) is 4.68 Å². The standard InChI is InChI=1S/C13H13N5OS/c1-9(15-12(19)10-2-5-20-7-10)11-6-18(17-16-11)13(8-14)3-4-13/h2,5-7,9H,3-4H2,1H3,(H,15,19)/t9-/m0/s1. The van der Waals surface area contributed by atoms with Crippen molar-refractivity contribution in [3.05, 3.63) is 34.3 Å². The summed E-state index contributed by atoms with van der Waals surface area (Å²) in [5.74, 6) is -0.130. The fourth-order valence-corrected chi connectivity index (χ4v) is 2.58. The summed E-state index contributed by atoms with van der Waals surface area (Å²) >= 11 is 1.48. The number of nitrogens with zero attached hydrogens (tertiary/aromatic N) is 4. The fourth-order valence-electron chi connectivity index (χ4n) is 1.94. The Balaban J connectivity index is 1.71. The third-order valence-electron chi connectivity index (χ3n) is 3.46. The molecule has 1 aliphatic rings. The van der Waals surface area contributed by atoms with Gasteiger partial charge in [0.15, 0.2) is 5.54 Å². The molecule has 7 heteroatoms. The lowest BCUT2D eigenvalue weighted by atomic mass is 10.2. The van der Waals surface area contributed by atoms with E-state index < -0.39 is 5.54 Å². The maximum absolute atomic E-state index is 11.9. The van der Waals surface area contributed by atoms with Crippen LogP contribution in [0.25, 0.3) is 0 Å². The second-order valence-corrected chi connectivity index (χ2v) is 5.72. The summed E-state index contributed by atoms with van der Waals surface area (Å²) in [6, 6.07) is 3.79. The largest absolute Gasteiger partial charge is 0.344 e. The van der Waals surface area contributed by atoms with Gasteiger partial charge in [-0.1, -0.05) is 5.21 Å². The Bertz CT molecular complexity index is 665. The molecule has 0 aromatic carbocycles. The summed E-state index contributed by atoms with van der Waals surface area (Å²) in [6.45, 7) is 1.85. The van der Waals surface area contributed by atoms with Crippen molar-refractivity contribution >= 4 is 17.2 Å². The van der Waals surface area contributed by atoms with Gasteiger partial charge in [0, 0.05) is 5.38 Å². The van der Waals surface area contributed by atoms with E-state index in [1.54, 1.807) is 22.3 Å². The Morgan fingerprint density at radius 1 is 1.65 bits per heavy atom. The molecule has 0 unspecified atom stereocenters. The topological polar surface area (TPSA) is 83.6 Å². The average Bonchev–Trinajstić information content (AvgIpc) is 2.90. The molecular formula is C13H13N5OS. The molecule has 1 atom stereocenters. The van der Waals surface area contributed by atoms with E-state index in [0.717, 1.165) is 12.8 Å². The molecule has 0 radical (unpaired) electrons. The van der Waals surface area contributed by atoms with Crippen LogP contribution >= 0.6 is 11.3 Å². The van der Waals surface area contributed by atoms with Crippen LogP contribution in [0.4, 0.5) is 0 Å². The molecule has 2 aromatic rings. The van der Waals surface area contributed by atoms with E-state index in [2.05, 4.69) is 21.7 Å². The summed E-state index contributed by atoms with van der Waals surface area (Å²) in [5, 5.41) is 23.7. The molecule has 1 saturated carbocycles. The number of aromatic nitrogens is 3. The molecule has 20 heavy (non-hydrogen) atoms. The number of carbonyl (C=O) groups is 1. The number of thiophene rings is 1. The molecule has 1 fully saturated rings. The number of hydrogen-bond donors (Lipinski definition) is 1. The zero-order valence-electron chi connectivity index (χ0n) is 10.9. The Hall–Kier alpha value is -2.20. The van der Waals surface area contributed by atoms with Gasteiger partial charge < -0.3 is 5.32 Å². The summed E-state index contributed by atoms with van der Waals surface area (Å²) in [4.78, 5) is 11.9. The van der Waals surface area contributed by atoms with Crippen molar-refractivity contribution in [3.63, 3.8) is 0 Å². The maximum atomic E-state index is 11.9. The van der Waals surface area contributed by atoms with E-state index in [1.807, 2.05) is 12.3 Å². The van der Waals surface area contributed by atoms with Gasteiger partial charge in [0.1, 0.15) is 5.69 Å². The van der Waals surface area contributed by atoms with Gasteiger partial charge in [-0.15, -0.1) is 5.10 Å². The molecule has 2 heterocycles. The van der Waals surface area contributed by atoms with E-state index in [4.69, 9.17) is 5.26 Å². The molecule has 102 valence electrons. The molecule has 0 spiro atoms. The number of amides is 1. The summed E-state index contributed by atoms with van der Waals surface area (Å²) in [6.07, 6.45) is 3.36. The Morgan fingerprint density at radius 2 is 2.45 bits per heavy atom. The predicted octanol–water partition coefficient (Wildman–Crippen LogP) is 1.84. The lowest BCUT2D eigenvalue weighted by Gasteiger charge is -2.10. The number of nitrogens with one attached hydrogen (secondary N) is 1. The second kappa shape index (κ2) is 4.72. The van der Waals surface area contributed by atoms with Crippen LogP contribution in [-0.4, -0.2) is 20.9 Å². The molecule has 2 aromatic heterocycles. The van der Waals surface area contributed by atoms with Crippen LogP contribution in [0.5, 0.6) is 0 Å². The van der Waals surface area contributed by atoms with Gasteiger partial charge >= 0.3 is 0 Å². The van der Waals surface area contributed by atoms with Crippen molar-refractivity contribution < 1.29 is 4.79 Å². The Kier molecular flexibility index (Phi) is 3.03. The smallest absolute Gasteiger partial charge is 0.252 e. The molecule has 6 nitrogen and oxygen atoms in total. The zero-order valence-corrected chi connectivity index (χ0v) is 11.7. The van der Waals surface area contributed by atoms with Gasteiger partial charge in [0.25, 0.3) is 5.91 Å². The van der Waals surface area contributed by atoms with Crippen molar-refractivity contribution in [2.45, 2.75) is 31.3 Å². The van der Waals surface area contributed by atoms with Gasteiger partial charge in [0.05, 0.1) is 23.9 Å². The fraction of sp³-hybridized carbons (Fsp3) is 0.385. The molecule has 0 aliphatic heterocycles. The van der Waals surface area contributed by atoms with E-state index in [9.17, 15) is 4.79 Å². The Labute approximate surface area is 120 Å². The first-order valence-corrected chi connectivity index (χ1v) is 7.26. The third-order valence-corrected chi connectivity index (χ3v) is 4.14. The van der Waals surface area contributed by atoms with Gasteiger partial charge in [-0.2, -0.15) is 16.6 Å². The summed E-state index contributed by atoms with van der Waals surface area (Å²) < 4.78 is 1.61. The molecule has 1 N–H and O–H groups in total. The Morgan fingerprint density at radius 3 is 3.05 bits per heavy atom. The number of rotatable bonds is 4. The van der Waals surface area contributed by atoms with E-state index in [0.29, 0.717) is 11.3 Å². The highest BCUT2D eigenvalue weighted by molar-refractivity contribution is 7.08. The predicted molar refractivity (Wildman–Crippen MR) is 73.0 cm³/mol. The molecular weight excluding hydrogens is 274 g/mol. The first-order chi connectivity index (χ1) is 9.64. The van der Waals surface area contributed by atoms with Crippen LogP contribution in [0.15, 0.2) is 23.0 Å². The first kappa shape index (κ1) is 12.8. The van der Waals surface area contributed by atoms with Crippen molar-refractivity contribution in [2.24, 2.45) is 0 Å². The minimum absolute atomic E-state index is 0.130. The maximum Gasteiger partial charge on any atom is 0.252 e. The van der Waals surface area contributed by atoms with Crippen molar-refractivity contribution in [2.75, 3.05) is 0 Å². The second-order valence-electron chi connectivity index (χ2n) is 4.94. The van der Waals surface area contributed by atoms with Crippen LogP contribution in [0.3, 0.4) is 0 Å². The average molecular weight is 287 g/mol. The molecule has 0 saturated heterocycles. The highest BCUT2D eigenvalue weighted by Gasteiger charge is 2.46. The van der Waals surface area contributed by atoms with Crippen molar-refractivity contribution in [1.82, 2.24) is 20.3 Å². The summed E-state index contributed by atoms with van der Waals surface area (Å²) in [7, 11) is 0. The molecule has 0 bridgehead atoms. The van der Waals surface area contributed by atoms with Gasteiger partial charge in [-0.3, -0.25) is 4.79 Å². The minimum atomic E-state index is -0.512. The lowest BCUT2D eigenvalue weighted by molar-refractivity contribution is 0.0939. The monoisotopic (exact) mass is 287 g/mol. The normalized spacial score (nSPS) is 17.2. The third kappa shape index (κ3) is 2.18. The van der Waals surface area contributed by atoms with Crippen molar-refractivity contribution in [1.29, 1.82) is 5.26 Å². The number of hydrogen-bond acceptors (Lipinski definition) is 5. The number of carbonyl (C=O) groups excluding carboxylic acids is 1. The highest BCUT2D eigenvalue weighted by atomic mass is 32.1. The molecule has 1 aliphatic carbocycles. The van der Waals surface area contributed by atoms with Crippen LogP contribution in [0, 0.1) is 11.3 Å². The summed E-state index contributed by atoms with van der Waals surface area (Å²) in [5.41, 5.74) is 0.794. The van der Waals surface area contributed by atoms with Gasteiger partial charge in [-0.05, 0) is 31.2 Å². The van der Waals surface area contributed by atoms with Crippen LogP contribution in [0.1, 0.15) is 41.9 Å². The minimum Gasteiger partial charge on any atom is -0.344 e. The first-order valence-electron chi connectivity index (χ1n) is 6.32. The zero-order chi connectivity index (χ0) is 14.2. The van der Waals surface area contributed by atoms with Gasteiger partial charge in [0.2, 0.25) is 0 Å². The van der Waals surface area contributed by atoms with E-state index in [1.165, 1.54) is 11.3 Å². The van der Waals surface area contributed by atoms with E-state index in [-0.39, 0.29) is 11.9 Å². The van der Waals surface area contributed by atoms with Crippen LogP contribution in [-0.2, 0) is 5.54 Å². The van der Waals surface area contributed by atoms with E-state index >= 15 is 0 Å². The van der Waals surface area contributed by atoms with Crippen LogP contribution < -0.4 is 5.32 Å².